The lowest BCUT2D eigenvalue weighted by Crippen LogP contribution is -2.42. The van der Waals surface area contributed by atoms with E-state index in [9.17, 15) is 4.79 Å². The van der Waals surface area contributed by atoms with E-state index in [2.05, 4.69) is 15.4 Å². The average molecular weight is 330 g/mol. The van der Waals surface area contributed by atoms with Crippen molar-refractivity contribution in [2.45, 2.75) is 57.1 Å². The molecule has 2 saturated carbocycles. The molecule has 7 nitrogen and oxygen atoms in total. The van der Waals surface area contributed by atoms with Crippen molar-refractivity contribution in [1.82, 2.24) is 20.1 Å². The van der Waals surface area contributed by atoms with Crippen molar-refractivity contribution in [3.63, 3.8) is 0 Å². The van der Waals surface area contributed by atoms with Gasteiger partial charge in [-0.1, -0.05) is 0 Å². The van der Waals surface area contributed by atoms with Gasteiger partial charge in [-0.05, 0) is 39.0 Å². The Morgan fingerprint density at radius 2 is 2.21 bits per heavy atom. The number of amides is 1. The minimum Gasteiger partial charge on any atom is -0.485 e. The van der Waals surface area contributed by atoms with Gasteiger partial charge in [0.05, 0.1) is 24.1 Å². The van der Waals surface area contributed by atoms with Crippen LogP contribution in [-0.4, -0.2) is 32.8 Å². The number of aromatic nitrogens is 3. The molecule has 128 valence electrons. The fraction of sp³-hybridized carbons (Fsp3) is 0.588. The number of aryl methyl sites for hydroxylation is 2. The van der Waals surface area contributed by atoms with Crippen molar-refractivity contribution in [2.24, 2.45) is 7.05 Å². The minimum absolute atomic E-state index is 0.0217. The van der Waals surface area contributed by atoms with Gasteiger partial charge in [-0.25, -0.2) is 4.98 Å². The molecule has 2 aliphatic rings. The van der Waals surface area contributed by atoms with Gasteiger partial charge in [0, 0.05) is 13.0 Å². The van der Waals surface area contributed by atoms with Crippen molar-refractivity contribution >= 4 is 5.91 Å². The molecule has 0 unspecified atom stereocenters. The van der Waals surface area contributed by atoms with E-state index in [1.165, 1.54) is 0 Å². The van der Waals surface area contributed by atoms with Crippen LogP contribution in [0.25, 0.3) is 0 Å². The molecule has 0 aromatic carbocycles. The number of ether oxygens (including phenoxy) is 1. The molecule has 1 N–H and O–H groups in total. The van der Waals surface area contributed by atoms with E-state index >= 15 is 0 Å². The molecular formula is C17H22N4O3. The molecule has 24 heavy (non-hydrogen) atoms. The first-order valence-corrected chi connectivity index (χ1v) is 8.53. The van der Waals surface area contributed by atoms with Gasteiger partial charge >= 0.3 is 0 Å². The number of nitrogens with one attached hydrogen (secondary N) is 1. The minimum atomic E-state index is -0.196. The second-order valence-corrected chi connectivity index (χ2v) is 6.76. The normalized spacial score (nSPS) is 23.4. The summed E-state index contributed by atoms with van der Waals surface area (Å²) in [4.78, 5) is 17.0. The van der Waals surface area contributed by atoms with Gasteiger partial charge in [0.1, 0.15) is 6.10 Å². The quantitative estimate of drug-likeness (QED) is 0.910. The molecule has 2 aromatic rings. The van der Waals surface area contributed by atoms with Crippen LogP contribution in [0.4, 0.5) is 0 Å². The highest BCUT2D eigenvalue weighted by Gasteiger charge is 2.34. The highest BCUT2D eigenvalue weighted by molar-refractivity contribution is 5.92. The van der Waals surface area contributed by atoms with Crippen LogP contribution in [0, 0.1) is 6.92 Å². The Morgan fingerprint density at radius 3 is 2.92 bits per heavy atom. The Balaban J connectivity index is 1.42. The Hall–Kier alpha value is -2.31. The van der Waals surface area contributed by atoms with E-state index in [4.69, 9.17) is 9.15 Å². The van der Waals surface area contributed by atoms with Crippen LogP contribution in [0.15, 0.2) is 16.8 Å². The third-order valence-corrected chi connectivity index (χ3v) is 4.68. The van der Waals surface area contributed by atoms with Crippen molar-refractivity contribution in [1.29, 1.82) is 0 Å². The predicted molar refractivity (Wildman–Crippen MR) is 85.9 cm³/mol. The molecule has 2 heterocycles. The highest BCUT2D eigenvalue weighted by Crippen LogP contribution is 2.40. The SMILES string of the molecule is Cc1nc(C2CC2)oc1C(=O)N[C@H]1CCC[C@H]1Oc1cnn(C)c1. The van der Waals surface area contributed by atoms with E-state index in [1.807, 2.05) is 20.2 Å². The molecule has 2 aliphatic carbocycles. The van der Waals surface area contributed by atoms with E-state index in [0.717, 1.165) is 37.9 Å². The predicted octanol–water partition coefficient (Wildman–Crippen LogP) is 2.32. The summed E-state index contributed by atoms with van der Waals surface area (Å²) in [7, 11) is 1.85. The van der Waals surface area contributed by atoms with Gasteiger partial charge in [-0.3, -0.25) is 9.48 Å². The van der Waals surface area contributed by atoms with Crippen molar-refractivity contribution in [3.8, 4) is 5.75 Å². The van der Waals surface area contributed by atoms with Crippen LogP contribution < -0.4 is 10.1 Å². The maximum Gasteiger partial charge on any atom is 0.289 e. The summed E-state index contributed by atoms with van der Waals surface area (Å²) in [5, 5.41) is 7.17. The third-order valence-electron chi connectivity index (χ3n) is 4.68. The smallest absolute Gasteiger partial charge is 0.289 e. The van der Waals surface area contributed by atoms with Gasteiger partial charge in [-0.2, -0.15) is 5.10 Å². The summed E-state index contributed by atoms with van der Waals surface area (Å²) in [6.45, 7) is 1.82. The Morgan fingerprint density at radius 1 is 1.38 bits per heavy atom. The first-order valence-electron chi connectivity index (χ1n) is 8.53. The molecule has 1 amide bonds. The van der Waals surface area contributed by atoms with Crippen LogP contribution in [0.5, 0.6) is 5.75 Å². The number of hydrogen-bond acceptors (Lipinski definition) is 5. The van der Waals surface area contributed by atoms with Gasteiger partial charge < -0.3 is 14.5 Å². The standard InChI is InChI=1S/C17H22N4O3/c1-10-15(24-17(19-10)11-6-7-11)16(22)20-13-4-3-5-14(13)23-12-8-18-21(2)9-12/h8-9,11,13-14H,3-7H2,1-2H3,(H,20,22)/t13-,14+/m0/s1. The van der Waals surface area contributed by atoms with Crippen LogP contribution in [-0.2, 0) is 7.05 Å². The Labute approximate surface area is 140 Å². The zero-order valence-electron chi connectivity index (χ0n) is 14.0. The Kier molecular flexibility index (Phi) is 3.78. The summed E-state index contributed by atoms with van der Waals surface area (Å²) < 4.78 is 13.4. The maximum absolute atomic E-state index is 12.6. The maximum atomic E-state index is 12.6. The van der Waals surface area contributed by atoms with Crippen molar-refractivity contribution < 1.29 is 13.9 Å². The highest BCUT2D eigenvalue weighted by atomic mass is 16.5. The zero-order valence-corrected chi connectivity index (χ0v) is 14.0. The van der Waals surface area contributed by atoms with Gasteiger partial charge in [0.25, 0.3) is 5.91 Å². The summed E-state index contributed by atoms with van der Waals surface area (Å²) >= 11 is 0. The molecule has 4 rings (SSSR count). The van der Waals surface area contributed by atoms with Crippen LogP contribution in [0.1, 0.15) is 60.2 Å². The molecule has 0 bridgehead atoms. The number of carbonyl (C=O) groups excluding carboxylic acids is 1. The van der Waals surface area contributed by atoms with Crippen molar-refractivity contribution in [3.05, 3.63) is 29.7 Å². The van der Waals surface area contributed by atoms with Gasteiger partial charge in [-0.15, -0.1) is 0 Å². The monoisotopic (exact) mass is 330 g/mol. The number of rotatable bonds is 5. The fourth-order valence-electron chi connectivity index (χ4n) is 3.23. The molecular weight excluding hydrogens is 308 g/mol. The van der Waals surface area contributed by atoms with Crippen LogP contribution >= 0.6 is 0 Å². The number of hydrogen-bond donors (Lipinski definition) is 1. The first kappa shape index (κ1) is 15.2. The fourth-order valence-corrected chi connectivity index (χ4v) is 3.23. The zero-order chi connectivity index (χ0) is 16.7. The second kappa shape index (κ2) is 5.96. The Bertz CT molecular complexity index is 747. The second-order valence-electron chi connectivity index (χ2n) is 6.76. The van der Waals surface area contributed by atoms with Gasteiger partial charge in [0.2, 0.25) is 5.76 Å². The molecule has 7 heteroatoms. The average Bonchev–Trinajstić information content (AvgIpc) is 3.00. The molecule has 0 aliphatic heterocycles. The number of nitrogens with zero attached hydrogens (tertiary/aromatic N) is 3. The molecule has 2 aromatic heterocycles. The molecule has 2 fully saturated rings. The third kappa shape index (κ3) is 3.02. The first-order chi connectivity index (χ1) is 11.6. The van der Waals surface area contributed by atoms with Crippen molar-refractivity contribution in [2.75, 3.05) is 0 Å². The summed E-state index contributed by atoms with van der Waals surface area (Å²) in [6, 6.07) is -0.0217. The van der Waals surface area contributed by atoms with E-state index in [1.54, 1.807) is 10.9 Å². The van der Waals surface area contributed by atoms with E-state index < -0.39 is 0 Å². The lowest BCUT2D eigenvalue weighted by Gasteiger charge is -2.21. The molecule has 0 radical (unpaired) electrons. The van der Waals surface area contributed by atoms with E-state index in [0.29, 0.717) is 23.3 Å². The topological polar surface area (TPSA) is 82.2 Å². The van der Waals surface area contributed by atoms with Crippen LogP contribution in [0.2, 0.25) is 0 Å². The summed E-state index contributed by atoms with van der Waals surface area (Å²) in [5.74, 6) is 1.98. The van der Waals surface area contributed by atoms with E-state index in [-0.39, 0.29) is 18.1 Å². The molecule has 2 atom stereocenters. The van der Waals surface area contributed by atoms with Crippen LogP contribution in [0.3, 0.4) is 0 Å². The number of carbonyl (C=O) groups is 1. The lowest BCUT2D eigenvalue weighted by molar-refractivity contribution is 0.0863. The molecule has 0 spiro atoms. The largest absolute Gasteiger partial charge is 0.485 e. The van der Waals surface area contributed by atoms with Gasteiger partial charge in [0.15, 0.2) is 11.6 Å². The molecule has 0 saturated heterocycles. The summed E-state index contributed by atoms with van der Waals surface area (Å²) in [5.41, 5.74) is 0.664. The summed E-state index contributed by atoms with van der Waals surface area (Å²) in [6.07, 6.45) is 8.54. The number of oxazole rings is 1. The lowest BCUT2D eigenvalue weighted by atomic mass is 10.2.